The molecule has 1 rings (SSSR count). The molecule has 0 spiro atoms. The topological polar surface area (TPSA) is 34.9 Å². The highest BCUT2D eigenvalue weighted by molar-refractivity contribution is 14.1. The molecule has 0 amide bonds. The summed E-state index contributed by atoms with van der Waals surface area (Å²) in [5.41, 5.74) is 0. The van der Waals surface area contributed by atoms with Crippen molar-refractivity contribution in [3.63, 3.8) is 0 Å². The average Bonchev–Trinajstić information content (AvgIpc) is 2.13. The summed E-state index contributed by atoms with van der Waals surface area (Å²) < 4.78 is 2.54. The van der Waals surface area contributed by atoms with E-state index in [2.05, 4.69) is 27.7 Å². The quantitative estimate of drug-likeness (QED) is 0.736. The van der Waals surface area contributed by atoms with Crippen LogP contribution < -0.4 is 0 Å². The lowest BCUT2D eigenvalue weighted by atomic mass is 10.4. The van der Waals surface area contributed by atoms with Crippen molar-refractivity contribution in [3.05, 3.63) is 16.0 Å². The van der Waals surface area contributed by atoms with E-state index in [1.54, 1.807) is 17.8 Å². The largest absolute Gasteiger partial charge is 0.298 e. The van der Waals surface area contributed by atoms with Crippen molar-refractivity contribution in [2.45, 2.75) is 13.5 Å². The van der Waals surface area contributed by atoms with Crippen molar-refractivity contribution in [1.82, 2.24) is 9.78 Å². The van der Waals surface area contributed by atoms with Crippen LogP contribution in [0.2, 0.25) is 0 Å². The van der Waals surface area contributed by atoms with Crippen molar-refractivity contribution in [2.24, 2.45) is 0 Å². The van der Waals surface area contributed by atoms with Gasteiger partial charge in [-0.05, 0) is 35.6 Å². The van der Waals surface area contributed by atoms with Gasteiger partial charge < -0.3 is 0 Å². The maximum atomic E-state index is 10.6. The van der Waals surface area contributed by atoms with Crippen LogP contribution >= 0.6 is 22.6 Å². The van der Waals surface area contributed by atoms with Crippen LogP contribution in [0.25, 0.3) is 0 Å². The third kappa shape index (κ3) is 2.09. The third-order valence-electron chi connectivity index (χ3n) is 0.993. The van der Waals surface area contributed by atoms with Crippen LogP contribution in [0.15, 0.2) is 12.3 Å². The molecular formula is C6H7IN2O. The Morgan fingerprint density at radius 3 is 3.00 bits per heavy atom. The predicted molar refractivity (Wildman–Crippen MR) is 45.6 cm³/mol. The monoisotopic (exact) mass is 250 g/mol. The fourth-order valence-corrected chi connectivity index (χ4v) is 1.09. The number of nitrogens with zero attached hydrogens (tertiary/aromatic N) is 2. The van der Waals surface area contributed by atoms with E-state index in [9.17, 15) is 4.79 Å². The predicted octanol–water partition coefficient (Wildman–Crippen LogP) is 1.08. The number of aromatic nitrogens is 2. The van der Waals surface area contributed by atoms with Crippen LogP contribution in [0.1, 0.15) is 6.92 Å². The molecule has 3 nitrogen and oxygen atoms in total. The van der Waals surface area contributed by atoms with E-state index in [-0.39, 0.29) is 5.78 Å². The third-order valence-corrected chi connectivity index (χ3v) is 1.57. The molecule has 0 saturated carbocycles. The molecule has 1 aromatic rings. The van der Waals surface area contributed by atoms with Gasteiger partial charge in [-0.2, -0.15) is 5.10 Å². The van der Waals surface area contributed by atoms with Gasteiger partial charge >= 0.3 is 0 Å². The summed E-state index contributed by atoms with van der Waals surface area (Å²) in [6.07, 6.45) is 1.79. The van der Waals surface area contributed by atoms with E-state index in [4.69, 9.17) is 0 Å². The molecule has 1 heterocycles. The number of halogens is 1. The molecule has 0 radical (unpaired) electrons. The van der Waals surface area contributed by atoms with Gasteiger partial charge in [-0.25, -0.2) is 0 Å². The summed E-state index contributed by atoms with van der Waals surface area (Å²) in [6, 6.07) is 1.86. The molecule has 0 fully saturated rings. The van der Waals surface area contributed by atoms with E-state index >= 15 is 0 Å². The zero-order valence-corrected chi connectivity index (χ0v) is 7.70. The Kier molecular flexibility index (Phi) is 2.42. The second-order valence-electron chi connectivity index (χ2n) is 2.04. The molecule has 54 valence electrons. The van der Waals surface area contributed by atoms with Crippen molar-refractivity contribution in [1.29, 1.82) is 0 Å². The van der Waals surface area contributed by atoms with Crippen molar-refractivity contribution < 1.29 is 4.79 Å². The molecule has 0 unspecified atom stereocenters. The van der Waals surface area contributed by atoms with E-state index in [0.29, 0.717) is 6.54 Å². The van der Waals surface area contributed by atoms with Crippen molar-refractivity contribution in [3.8, 4) is 0 Å². The standard InChI is InChI=1S/C6H7IN2O/c1-5(10)4-9-3-2-6(7)8-9/h2-3H,4H2,1H3. The molecule has 0 saturated heterocycles. The molecular weight excluding hydrogens is 243 g/mol. The number of Topliss-reactive ketones (excluding diaryl/α,β-unsaturated/α-hetero) is 1. The molecule has 0 bridgehead atoms. The van der Waals surface area contributed by atoms with E-state index in [0.717, 1.165) is 3.70 Å². The van der Waals surface area contributed by atoms with Gasteiger partial charge in [0.05, 0.1) is 6.54 Å². The number of hydrogen-bond donors (Lipinski definition) is 0. The number of rotatable bonds is 2. The minimum Gasteiger partial charge on any atom is -0.298 e. The Morgan fingerprint density at radius 1 is 1.90 bits per heavy atom. The van der Waals surface area contributed by atoms with Crippen LogP contribution in [0.5, 0.6) is 0 Å². The van der Waals surface area contributed by atoms with E-state index in [1.807, 2.05) is 6.07 Å². The highest BCUT2D eigenvalue weighted by atomic mass is 127. The summed E-state index contributed by atoms with van der Waals surface area (Å²) in [6.45, 7) is 1.93. The van der Waals surface area contributed by atoms with E-state index in [1.165, 1.54) is 0 Å². The Hall–Kier alpha value is -0.390. The SMILES string of the molecule is CC(=O)Cn1ccc(I)n1. The molecule has 0 aliphatic carbocycles. The summed E-state index contributed by atoms with van der Waals surface area (Å²) in [5.74, 6) is 0.125. The first-order valence-electron chi connectivity index (χ1n) is 2.87. The van der Waals surface area contributed by atoms with Crippen LogP contribution in [-0.2, 0) is 11.3 Å². The molecule has 4 heteroatoms. The Balaban J connectivity index is 2.67. The minimum atomic E-state index is 0.125. The van der Waals surface area contributed by atoms with Gasteiger partial charge in [-0.15, -0.1) is 0 Å². The number of hydrogen-bond acceptors (Lipinski definition) is 2. The Bertz CT molecular complexity index is 244. The highest BCUT2D eigenvalue weighted by Crippen LogP contribution is 1.98. The number of ketones is 1. The van der Waals surface area contributed by atoms with Gasteiger partial charge in [0.1, 0.15) is 3.70 Å². The summed E-state index contributed by atoms with van der Waals surface area (Å²) >= 11 is 2.10. The summed E-state index contributed by atoms with van der Waals surface area (Å²) in [4.78, 5) is 10.6. The molecule has 1 aromatic heterocycles. The Labute approximate surface area is 72.6 Å². The fraction of sp³-hybridized carbons (Fsp3) is 0.333. The first kappa shape index (κ1) is 7.71. The number of carbonyl (C=O) groups is 1. The fourth-order valence-electron chi connectivity index (χ4n) is 0.653. The zero-order chi connectivity index (χ0) is 7.56. The second-order valence-corrected chi connectivity index (χ2v) is 3.14. The van der Waals surface area contributed by atoms with Gasteiger partial charge in [0, 0.05) is 6.20 Å². The first-order valence-corrected chi connectivity index (χ1v) is 3.95. The van der Waals surface area contributed by atoms with E-state index < -0.39 is 0 Å². The van der Waals surface area contributed by atoms with Crippen LogP contribution in [0, 0.1) is 3.70 Å². The van der Waals surface area contributed by atoms with Crippen LogP contribution in [0.4, 0.5) is 0 Å². The normalized spacial score (nSPS) is 9.80. The van der Waals surface area contributed by atoms with Crippen molar-refractivity contribution >= 4 is 28.4 Å². The molecule has 10 heavy (non-hydrogen) atoms. The van der Waals surface area contributed by atoms with Crippen LogP contribution in [0.3, 0.4) is 0 Å². The maximum Gasteiger partial charge on any atom is 0.151 e. The van der Waals surface area contributed by atoms with Gasteiger partial charge in [0.2, 0.25) is 0 Å². The lowest BCUT2D eigenvalue weighted by Gasteiger charge is -1.93. The summed E-state index contributed by atoms with van der Waals surface area (Å²) in [7, 11) is 0. The average molecular weight is 250 g/mol. The van der Waals surface area contributed by atoms with Crippen LogP contribution in [-0.4, -0.2) is 15.6 Å². The smallest absolute Gasteiger partial charge is 0.151 e. The number of carbonyl (C=O) groups excluding carboxylic acids is 1. The molecule has 0 aliphatic heterocycles. The molecule has 0 N–H and O–H groups in total. The van der Waals surface area contributed by atoms with Gasteiger partial charge in [-0.3, -0.25) is 9.48 Å². The van der Waals surface area contributed by atoms with Gasteiger partial charge in [0.25, 0.3) is 0 Å². The molecule has 0 aromatic carbocycles. The van der Waals surface area contributed by atoms with Gasteiger partial charge in [-0.1, -0.05) is 0 Å². The van der Waals surface area contributed by atoms with Gasteiger partial charge in [0.15, 0.2) is 5.78 Å². The maximum absolute atomic E-state index is 10.6. The molecule has 0 aliphatic rings. The lowest BCUT2D eigenvalue weighted by Crippen LogP contribution is -2.06. The minimum absolute atomic E-state index is 0.125. The lowest BCUT2D eigenvalue weighted by molar-refractivity contribution is -0.117. The summed E-state index contributed by atoms with van der Waals surface area (Å²) in [5, 5.41) is 4.03. The first-order chi connectivity index (χ1) is 4.68. The second kappa shape index (κ2) is 3.14. The molecule has 0 atom stereocenters. The van der Waals surface area contributed by atoms with Crippen molar-refractivity contribution in [2.75, 3.05) is 0 Å². The highest BCUT2D eigenvalue weighted by Gasteiger charge is 1.96. The zero-order valence-electron chi connectivity index (χ0n) is 5.54. The Morgan fingerprint density at radius 2 is 2.60 bits per heavy atom.